The fourth-order valence-electron chi connectivity index (χ4n) is 7.00. The average molecular weight is 673 g/mol. The smallest absolute Gasteiger partial charge is 0.165 e. The van der Waals surface area contributed by atoms with Crippen molar-refractivity contribution in [3.05, 3.63) is 82.0 Å². The third-order valence-electron chi connectivity index (χ3n) is 9.83. The number of aromatic nitrogens is 3. The Labute approximate surface area is 290 Å². The summed E-state index contributed by atoms with van der Waals surface area (Å²) in [7, 11) is 5.31. The summed E-state index contributed by atoms with van der Waals surface area (Å²) >= 11 is 0. The van der Waals surface area contributed by atoms with E-state index in [0.717, 1.165) is 53.0 Å². The third kappa shape index (κ3) is 8.05. The number of aryl methyl sites for hydroxylation is 1. The number of allylic oxidation sites excluding steroid dienone is 2. The van der Waals surface area contributed by atoms with Gasteiger partial charge in [0.25, 0.3) is 0 Å². The molecule has 3 atom stereocenters. The first-order valence-electron chi connectivity index (χ1n) is 16.9. The van der Waals surface area contributed by atoms with Crippen molar-refractivity contribution in [1.82, 2.24) is 25.7 Å². The normalized spacial score (nSPS) is 21.3. The molecule has 0 amide bonds. The zero-order valence-corrected chi connectivity index (χ0v) is 30.1. The standard InChI is InChI=1S/C38H52N6O5/c1-24(2)9-12-30-31(47-22-28(41-39)20-40-6)16-26(17-32(30)48-23-29-21-44(7)43-42-29)11-10-25-15-27-19-34-37(3,4)35(45)13-14-38(34,5)49-36(27)33(18-25)46-8/h9-11,15-18,20-21,34-35,40-41,45H,12-14,19,22-23,39H2,1-8H3/b11-10+,28-20-/t34-,35-,38-/m1/s1. The number of hydrogen-bond acceptors (Lipinski definition) is 10. The summed E-state index contributed by atoms with van der Waals surface area (Å²) in [5, 5.41) is 22.1. The Morgan fingerprint density at radius 1 is 1.10 bits per heavy atom. The SMILES string of the molecule is CN/C=C(/COc1cc(/C=C/c2cc3c(c(OC)c2)O[C@]2(C)CC[C@@H](O)C(C)(C)[C@H]2C3)cc(OCc2cn(C)nn2)c1CC=C(C)C)NN. The van der Waals surface area contributed by atoms with Crippen molar-refractivity contribution in [2.45, 2.75) is 78.6 Å². The van der Waals surface area contributed by atoms with Crippen LogP contribution in [0.4, 0.5) is 0 Å². The summed E-state index contributed by atoms with van der Waals surface area (Å²) in [6.45, 7) is 11.1. The lowest BCUT2D eigenvalue weighted by Crippen LogP contribution is -2.58. The van der Waals surface area contributed by atoms with Gasteiger partial charge in [-0.05, 0) is 92.8 Å². The van der Waals surface area contributed by atoms with Gasteiger partial charge >= 0.3 is 0 Å². The van der Waals surface area contributed by atoms with Gasteiger partial charge in [-0.3, -0.25) is 10.5 Å². The lowest BCUT2D eigenvalue weighted by Gasteiger charge is -2.55. The predicted molar refractivity (Wildman–Crippen MR) is 192 cm³/mol. The van der Waals surface area contributed by atoms with E-state index in [-0.39, 0.29) is 36.3 Å². The lowest BCUT2D eigenvalue weighted by molar-refractivity contribution is -0.138. The second-order valence-electron chi connectivity index (χ2n) is 14.1. The Morgan fingerprint density at radius 3 is 2.43 bits per heavy atom. The predicted octanol–water partition coefficient (Wildman–Crippen LogP) is 5.48. The number of methoxy groups -OCH3 is 1. The first-order chi connectivity index (χ1) is 23.4. The van der Waals surface area contributed by atoms with Gasteiger partial charge < -0.3 is 34.8 Å². The molecule has 2 heterocycles. The van der Waals surface area contributed by atoms with Crippen LogP contribution < -0.4 is 35.5 Å². The first-order valence-corrected chi connectivity index (χ1v) is 16.9. The maximum atomic E-state index is 10.9. The molecule has 1 aromatic heterocycles. The van der Waals surface area contributed by atoms with Crippen LogP contribution in [0, 0.1) is 11.3 Å². The number of hydrazine groups is 1. The molecule has 2 aliphatic rings. The van der Waals surface area contributed by atoms with Gasteiger partial charge in [0, 0.05) is 31.8 Å². The molecule has 0 unspecified atom stereocenters. The van der Waals surface area contributed by atoms with Crippen molar-refractivity contribution in [2.24, 2.45) is 24.2 Å². The van der Waals surface area contributed by atoms with Crippen LogP contribution in [0.5, 0.6) is 23.0 Å². The van der Waals surface area contributed by atoms with Gasteiger partial charge in [0.1, 0.15) is 36.0 Å². The number of ether oxygens (including phenoxy) is 4. The van der Waals surface area contributed by atoms with Gasteiger partial charge in [-0.15, -0.1) is 5.10 Å². The zero-order valence-electron chi connectivity index (χ0n) is 30.1. The Bertz CT molecular complexity index is 1720. The molecule has 1 aliphatic carbocycles. The Balaban J connectivity index is 1.52. The maximum absolute atomic E-state index is 10.9. The summed E-state index contributed by atoms with van der Waals surface area (Å²) in [6, 6.07) is 8.22. The molecule has 11 nitrogen and oxygen atoms in total. The van der Waals surface area contributed by atoms with Gasteiger partial charge in [0.05, 0.1) is 25.1 Å². The molecular weight excluding hydrogens is 620 g/mol. The highest BCUT2D eigenvalue weighted by Gasteiger charge is 2.54. The van der Waals surface area contributed by atoms with Crippen molar-refractivity contribution in [3.63, 3.8) is 0 Å². The van der Waals surface area contributed by atoms with E-state index >= 15 is 0 Å². The molecule has 11 heteroatoms. The van der Waals surface area contributed by atoms with E-state index in [0.29, 0.717) is 29.4 Å². The van der Waals surface area contributed by atoms with E-state index in [9.17, 15) is 5.11 Å². The number of nitrogens with two attached hydrogens (primary N) is 1. The van der Waals surface area contributed by atoms with Crippen LogP contribution in [0.15, 0.2) is 54.0 Å². The van der Waals surface area contributed by atoms with E-state index < -0.39 is 0 Å². The monoisotopic (exact) mass is 672 g/mol. The van der Waals surface area contributed by atoms with Gasteiger partial charge in [0.15, 0.2) is 11.5 Å². The molecule has 1 saturated carbocycles. The lowest BCUT2D eigenvalue weighted by atomic mass is 9.57. The molecule has 49 heavy (non-hydrogen) atoms. The maximum Gasteiger partial charge on any atom is 0.165 e. The fraction of sp³-hybridized carbons (Fsp3) is 0.474. The fourth-order valence-corrected chi connectivity index (χ4v) is 7.00. The largest absolute Gasteiger partial charge is 0.493 e. The summed E-state index contributed by atoms with van der Waals surface area (Å²) in [6.07, 6.45) is 12.4. The number of nitrogens with one attached hydrogen (secondary N) is 2. The number of benzene rings is 2. The summed E-state index contributed by atoms with van der Waals surface area (Å²) < 4.78 is 27.0. The van der Waals surface area contributed by atoms with Crippen molar-refractivity contribution in [1.29, 1.82) is 0 Å². The summed E-state index contributed by atoms with van der Waals surface area (Å²) in [5.74, 6) is 8.78. The van der Waals surface area contributed by atoms with E-state index in [2.05, 4.69) is 73.9 Å². The van der Waals surface area contributed by atoms with E-state index in [1.54, 1.807) is 25.0 Å². The molecule has 5 rings (SSSR count). The van der Waals surface area contributed by atoms with Gasteiger partial charge in [0.2, 0.25) is 0 Å². The van der Waals surface area contributed by atoms with E-state index in [1.807, 2.05) is 37.5 Å². The number of aliphatic hydroxyl groups excluding tert-OH is 1. The minimum absolute atomic E-state index is 0.159. The topological polar surface area (TPSA) is 138 Å². The zero-order chi connectivity index (χ0) is 35.3. The number of fused-ring (bicyclic) bond motifs is 2. The second kappa shape index (κ2) is 15.0. The molecule has 5 N–H and O–H groups in total. The van der Waals surface area contributed by atoms with Crippen molar-refractivity contribution < 1.29 is 24.1 Å². The molecule has 0 bridgehead atoms. The quantitative estimate of drug-likeness (QED) is 0.0800. The molecule has 0 spiro atoms. The third-order valence-corrected chi connectivity index (χ3v) is 9.83. The van der Waals surface area contributed by atoms with Crippen molar-refractivity contribution in [2.75, 3.05) is 20.8 Å². The highest BCUT2D eigenvalue weighted by molar-refractivity contribution is 5.74. The van der Waals surface area contributed by atoms with Gasteiger partial charge in [-0.1, -0.05) is 42.9 Å². The van der Waals surface area contributed by atoms with Crippen LogP contribution in [-0.4, -0.2) is 52.6 Å². The minimum Gasteiger partial charge on any atom is -0.493 e. The second-order valence-corrected chi connectivity index (χ2v) is 14.1. The van der Waals surface area contributed by atoms with Gasteiger partial charge in [-0.2, -0.15) is 0 Å². The van der Waals surface area contributed by atoms with Crippen molar-refractivity contribution in [3.8, 4) is 23.0 Å². The van der Waals surface area contributed by atoms with Gasteiger partial charge in [-0.25, -0.2) is 0 Å². The number of aliphatic hydroxyl groups is 1. The average Bonchev–Trinajstić information content (AvgIpc) is 3.49. The van der Waals surface area contributed by atoms with Crippen molar-refractivity contribution >= 4 is 12.2 Å². The molecule has 1 fully saturated rings. The molecule has 264 valence electrons. The Kier molecular flexibility index (Phi) is 10.9. The Hall–Kier alpha value is -4.48. The molecule has 0 radical (unpaired) electrons. The highest BCUT2D eigenvalue weighted by atomic mass is 16.5. The highest BCUT2D eigenvalue weighted by Crippen LogP contribution is 2.55. The first kappa shape index (κ1) is 35.8. The van der Waals surface area contributed by atoms with Crippen LogP contribution >= 0.6 is 0 Å². The molecule has 0 saturated heterocycles. The summed E-state index contributed by atoms with van der Waals surface area (Å²) in [4.78, 5) is 0. The van der Waals surface area contributed by atoms with Crippen LogP contribution in [0.3, 0.4) is 0 Å². The molecular formula is C38H52N6O5. The number of nitrogens with zero attached hydrogens (tertiary/aromatic N) is 3. The number of rotatable bonds is 13. The van der Waals surface area contributed by atoms with Crippen LogP contribution in [-0.2, 0) is 26.5 Å². The molecule has 3 aromatic rings. The van der Waals surface area contributed by atoms with Crippen LogP contribution in [0.1, 0.15) is 75.4 Å². The van der Waals surface area contributed by atoms with E-state index in [4.69, 9.17) is 24.8 Å². The van der Waals surface area contributed by atoms with Crippen LogP contribution in [0.2, 0.25) is 0 Å². The molecule has 1 aliphatic heterocycles. The van der Waals surface area contributed by atoms with E-state index in [1.165, 1.54) is 5.57 Å². The Morgan fingerprint density at radius 2 is 1.80 bits per heavy atom. The minimum atomic E-state index is -0.368. The van der Waals surface area contributed by atoms with Crippen LogP contribution in [0.25, 0.3) is 12.2 Å². The summed E-state index contributed by atoms with van der Waals surface area (Å²) in [5.41, 5.74) is 8.50. The number of hydrogen-bond donors (Lipinski definition) is 4. The molecule has 2 aromatic carbocycles.